The molecule has 1 aromatic carbocycles. The number of rotatable bonds is 3. The van der Waals surface area contributed by atoms with E-state index in [0.29, 0.717) is 11.3 Å². The van der Waals surface area contributed by atoms with E-state index >= 15 is 0 Å². The molecule has 1 heterocycles. The van der Waals surface area contributed by atoms with Gasteiger partial charge in [0.05, 0.1) is 18.5 Å². The number of hydrogen-bond donors (Lipinski definition) is 1. The van der Waals surface area contributed by atoms with Crippen molar-refractivity contribution in [2.75, 3.05) is 12.4 Å². The Bertz CT molecular complexity index is 628. The number of methoxy groups -OCH3 is 1. The van der Waals surface area contributed by atoms with Crippen LogP contribution in [0.3, 0.4) is 0 Å². The van der Waals surface area contributed by atoms with Gasteiger partial charge in [0.1, 0.15) is 5.75 Å². The molecular formula is C16H18N2O2. The Kier molecular flexibility index (Phi) is 4.03. The average molecular weight is 270 g/mol. The van der Waals surface area contributed by atoms with E-state index < -0.39 is 0 Å². The molecule has 104 valence electrons. The van der Waals surface area contributed by atoms with Crippen molar-refractivity contribution in [3.63, 3.8) is 0 Å². The van der Waals surface area contributed by atoms with Crippen LogP contribution in [0.5, 0.6) is 5.75 Å². The first-order valence-electron chi connectivity index (χ1n) is 6.41. The van der Waals surface area contributed by atoms with Crippen LogP contribution in [0.1, 0.15) is 27.3 Å². The molecule has 0 saturated heterocycles. The molecular weight excluding hydrogens is 252 g/mol. The topological polar surface area (TPSA) is 51.2 Å². The second-order valence-electron chi connectivity index (χ2n) is 4.73. The molecule has 0 aliphatic carbocycles. The molecule has 0 radical (unpaired) electrons. The number of anilines is 1. The van der Waals surface area contributed by atoms with Crippen molar-refractivity contribution in [1.29, 1.82) is 0 Å². The summed E-state index contributed by atoms with van der Waals surface area (Å²) in [5.41, 5.74) is 4.09. The summed E-state index contributed by atoms with van der Waals surface area (Å²) in [6.45, 7) is 5.79. The Morgan fingerprint density at radius 1 is 1.20 bits per heavy atom. The van der Waals surface area contributed by atoms with Crippen LogP contribution in [0.25, 0.3) is 0 Å². The molecule has 0 unspecified atom stereocenters. The number of ether oxygens (including phenoxy) is 1. The van der Waals surface area contributed by atoms with E-state index in [1.165, 1.54) is 0 Å². The zero-order valence-corrected chi connectivity index (χ0v) is 12.2. The highest BCUT2D eigenvalue weighted by Gasteiger charge is 2.11. The van der Waals surface area contributed by atoms with Gasteiger partial charge in [-0.3, -0.25) is 9.78 Å². The van der Waals surface area contributed by atoms with Gasteiger partial charge in [-0.15, -0.1) is 0 Å². The summed E-state index contributed by atoms with van der Waals surface area (Å²) >= 11 is 0. The third-order valence-electron chi connectivity index (χ3n) is 3.10. The zero-order valence-electron chi connectivity index (χ0n) is 12.2. The maximum absolute atomic E-state index is 12.3. The predicted molar refractivity (Wildman–Crippen MR) is 79.4 cm³/mol. The van der Waals surface area contributed by atoms with Crippen LogP contribution in [0.2, 0.25) is 0 Å². The molecule has 20 heavy (non-hydrogen) atoms. The molecule has 0 aliphatic rings. The summed E-state index contributed by atoms with van der Waals surface area (Å²) in [7, 11) is 1.58. The van der Waals surface area contributed by atoms with Crippen molar-refractivity contribution < 1.29 is 9.53 Å². The number of pyridine rings is 1. The fourth-order valence-electron chi connectivity index (χ4n) is 2.16. The lowest BCUT2D eigenvalue weighted by Crippen LogP contribution is -2.14. The highest BCUT2D eigenvalue weighted by molar-refractivity contribution is 6.05. The number of nitrogens with one attached hydrogen (secondary N) is 1. The third-order valence-corrected chi connectivity index (χ3v) is 3.10. The minimum Gasteiger partial charge on any atom is -0.497 e. The average Bonchev–Trinajstić information content (AvgIpc) is 2.42. The minimum absolute atomic E-state index is 0.166. The number of nitrogens with zero attached hydrogens (tertiary/aromatic N) is 1. The van der Waals surface area contributed by atoms with E-state index in [4.69, 9.17) is 4.74 Å². The Balaban J connectivity index is 2.28. The minimum atomic E-state index is -0.166. The molecule has 1 aromatic heterocycles. The molecule has 0 atom stereocenters. The van der Waals surface area contributed by atoms with Crippen LogP contribution in [-0.2, 0) is 0 Å². The monoisotopic (exact) mass is 270 g/mol. The molecule has 2 aromatic rings. The van der Waals surface area contributed by atoms with Gasteiger partial charge in [0.15, 0.2) is 0 Å². The van der Waals surface area contributed by atoms with Gasteiger partial charge in [0.2, 0.25) is 0 Å². The summed E-state index contributed by atoms with van der Waals surface area (Å²) in [4.78, 5) is 16.7. The lowest BCUT2D eigenvalue weighted by molar-refractivity contribution is 0.102. The number of aryl methyl sites for hydroxylation is 3. The van der Waals surface area contributed by atoms with Crippen molar-refractivity contribution in [3.8, 4) is 5.75 Å². The first kappa shape index (κ1) is 14.1. The quantitative estimate of drug-likeness (QED) is 0.931. The standard InChI is InChI=1S/C16H18N2O2/c1-10-8-11(2)17-12(3)15(10)18-16(19)13-6-5-7-14(9-13)20-4/h5-9H,1-4H3,(H,18,19). The van der Waals surface area contributed by atoms with Crippen LogP contribution >= 0.6 is 0 Å². The molecule has 0 spiro atoms. The van der Waals surface area contributed by atoms with Gasteiger partial charge in [0.25, 0.3) is 5.91 Å². The first-order chi connectivity index (χ1) is 9.51. The molecule has 1 amide bonds. The van der Waals surface area contributed by atoms with E-state index in [9.17, 15) is 4.79 Å². The Hall–Kier alpha value is -2.36. The van der Waals surface area contributed by atoms with Crippen LogP contribution in [0, 0.1) is 20.8 Å². The summed E-state index contributed by atoms with van der Waals surface area (Å²) in [5, 5.41) is 2.92. The van der Waals surface area contributed by atoms with Gasteiger partial charge in [-0.25, -0.2) is 0 Å². The molecule has 0 bridgehead atoms. The van der Waals surface area contributed by atoms with Gasteiger partial charge in [-0.05, 0) is 50.6 Å². The number of amides is 1. The molecule has 0 aliphatic heterocycles. The second kappa shape index (κ2) is 5.74. The SMILES string of the molecule is COc1cccc(C(=O)Nc2c(C)cc(C)nc2C)c1. The fraction of sp³-hybridized carbons (Fsp3) is 0.250. The summed E-state index contributed by atoms with van der Waals surface area (Å²) in [5.74, 6) is 0.494. The Labute approximate surface area is 118 Å². The normalized spacial score (nSPS) is 10.2. The summed E-state index contributed by atoms with van der Waals surface area (Å²) in [6, 6.07) is 9.02. The molecule has 4 heteroatoms. The largest absolute Gasteiger partial charge is 0.497 e. The highest BCUT2D eigenvalue weighted by atomic mass is 16.5. The number of carbonyl (C=O) groups excluding carboxylic acids is 1. The molecule has 1 N–H and O–H groups in total. The van der Waals surface area contributed by atoms with E-state index in [-0.39, 0.29) is 5.91 Å². The van der Waals surface area contributed by atoms with Crippen molar-refractivity contribution in [3.05, 3.63) is 52.8 Å². The first-order valence-corrected chi connectivity index (χ1v) is 6.41. The summed E-state index contributed by atoms with van der Waals surface area (Å²) < 4.78 is 5.13. The number of benzene rings is 1. The van der Waals surface area contributed by atoms with E-state index in [1.54, 1.807) is 31.4 Å². The van der Waals surface area contributed by atoms with Gasteiger partial charge < -0.3 is 10.1 Å². The smallest absolute Gasteiger partial charge is 0.255 e. The number of carbonyl (C=O) groups is 1. The molecule has 4 nitrogen and oxygen atoms in total. The van der Waals surface area contributed by atoms with E-state index in [0.717, 1.165) is 22.6 Å². The van der Waals surface area contributed by atoms with Crippen LogP contribution < -0.4 is 10.1 Å². The maximum atomic E-state index is 12.3. The van der Waals surface area contributed by atoms with Crippen molar-refractivity contribution >= 4 is 11.6 Å². The summed E-state index contributed by atoms with van der Waals surface area (Å²) in [6.07, 6.45) is 0. The van der Waals surface area contributed by atoms with Gasteiger partial charge >= 0.3 is 0 Å². The Morgan fingerprint density at radius 3 is 2.60 bits per heavy atom. The van der Waals surface area contributed by atoms with Crippen LogP contribution in [-0.4, -0.2) is 18.0 Å². The molecule has 0 fully saturated rings. The van der Waals surface area contributed by atoms with E-state index in [2.05, 4.69) is 10.3 Å². The lowest BCUT2D eigenvalue weighted by atomic mass is 10.1. The number of hydrogen-bond acceptors (Lipinski definition) is 3. The second-order valence-corrected chi connectivity index (χ2v) is 4.73. The van der Waals surface area contributed by atoms with Crippen molar-refractivity contribution in [2.24, 2.45) is 0 Å². The van der Waals surface area contributed by atoms with E-state index in [1.807, 2.05) is 26.8 Å². The van der Waals surface area contributed by atoms with Gasteiger partial charge in [-0.1, -0.05) is 6.07 Å². The maximum Gasteiger partial charge on any atom is 0.255 e. The zero-order chi connectivity index (χ0) is 14.7. The number of aromatic nitrogens is 1. The molecule has 2 rings (SSSR count). The van der Waals surface area contributed by atoms with Crippen molar-refractivity contribution in [1.82, 2.24) is 4.98 Å². The van der Waals surface area contributed by atoms with Gasteiger partial charge in [-0.2, -0.15) is 0 Å². The van der Waals surface area contributed by atoms with Gasteiger partial charge in [0, 0.05) is 11.3 Å². The third kappa shape index (κ3) is 2.96. The van der Waals surface area contributed by atoms with Crippen LogP contribution in [0.4, 0.5) is 5.69 Å². The molecule has 0 saturated carbocycles. The van der Waals surface area contributed by atoms with Crippen molar-refractivity contribution in [2.45, 2.75) is 20.8 Å². The highest BCUT2D eigenvalue weighted by Crippen LogP contribution is 2.21. The fourth-order valence-corrected chi connectivity index (χ4v) is 2.16. The van der Waals surface area contributed by atoms with Crippen LogP contribution in [0.15, 0.2) is 30.3 Å². The Morgan fingerprint density at radius 2 is 1.95 bits per heavy atom. The predicted octanol–water partition coefficient (Wildman–Crippen LogP) is 3.27. The lowest BCUT2D eigenvalue weighted by Gasteiger charge is -2.12.